The SMILES string of the molecule is CCCC[N+](CCCC)(CCCC)CCCC.[O-][I+3]([O-])([O-])O. The molecule has 0 aliphatic heterocycles. The van der Waals surface area contributed by atoms with Crippen molar-refractivity contribution < 1.29 is 38.3 Å². The average molecular weight is 434 g/mol. The molecule has 22 heavy (non-hydrogen) atoms. The molecule has 0 amide bonds. The van der Waals surface area contributed by atoms with Gasteiger partial charge in [-0.1, -0.05) is 53.4 Å². The molecule has 136 valence electrons. The molecule has 0 rings (SSSR count). The molecule has 0 aromatic carbocycles. The minimum atomic E-state index is -5.69. The first-order valence-corrected chi connectivity index (χ1v) is 12.3. The lowest BCUT2D eigenvalue weighted by Gasteiger charge is -2.39. The first-order valence-electron chi connectivity index (χ1n) is 8.73. The van der Waals surface area contributed by atoms with Gasteiger partial charge in [0.05, 0.1) is 26.2 Å². The van der Waals surface area contributed by atoms with Crippen LogP contribution in [0.3, 0.4) is 0 Å². The quantitative estimate of drug-likeness (QED) is 0.281. The van der Waals surface area contributed by atoms with E-state index in [1.165, 1.54) is 82.0 Å². The van der Waals surface area contributed by atoms with E-state index in [1.807, 2.05) is 0 Å². The Labute approximate surface area is 143 Å². The number of quaternary nitrogens is 1. The van der Waals surface area contributed by atoms with E-state index in [-0.39, 0.29) is 0 Å². The number of unbranched alkanes of at least 4 members (excludes halogenated alkanes) is 4. The number of hydrogen-bond acceptors (Lipinski definition) is 4. The zero-order chi connectivity index (χ0) is 17.5. The fourth-order valence-electron chi connectivity index (χ4n) is 2.64. The maximum atomic E-state index is 8.73. The maximum absolute atomic E-state index is 8.73. The summed E-state index contributed by atoms with van der Waals surface area (Å²) in [4.78, 5) is 0. The molecule has 0 atom stereocenters. The number of halogens is 1. The van der Waals surface area contributed by atoms with Gasteiger partial charge in [-0.2, -0.15) is 0 Å². The van der Waals surface area contributed by atoms with Gasteiger partial charge in [-0.3, -0.25) is 10.3 Å². The zero-order valence-corrected chi connectivity index (χ0v) is 17.1. The second-order valence-electron chi connectivity index (χ2n) is 6.05. The molecule has 0 aromatic rings. The summed E-state index contributed by atoms with van der Waals surface area (Å²) in [5, 5.41) is 0. The first kappa shape index (κ1) is 24.8. The zero-order valence-electron chi connectivity index (χ0n) is 15.0. The molecule has 0 heterocycles. The minimum Gasteiger partial charge on any atom is -0.324 e. The van der Waals surface area contributed by atoms with Gasteiger partial charge in [-0.15, -0.1) is 0 Å². The molecule has 0 saturated carbocycles. The molecule has 1 N–H and O–H groups in total. The predicted octanol–water partition coefficient (Wildman–Crippen LogP) is -2.12. The molecule has 0 spiro atoms. The lowest BCUT2D eigenvalue weighted by atomic mass is 10.1. The lowest BCUT2D eigenvalue weighted by Crippen LogP contribution is -4.23. The van der Waals surface area contributed by atoms with Crippen molar-refractivity contribution in [2.24, 2.45) is 0 Å². The molecular formula is C16H37INO4+. The Balaban J connectivity index is 0. The van der Waals surface area contributed by atoms with E-state index in [1.54, 1.807) is 0 Å². The third kappa shape index (κ3) is 18.6. The molecule has 5 nitrogen and oxygen atoms in total. The van der Waals surface area contributed by atoms with Crippen LogP contribution in [0, 0.1) is 0 Å². The Hall–Kier alpha value is 0.530. The predicted molar refractivity (Wildman–Crippen MR) is 81.6 cm³/mol. The van der Waals surface area contributed by atoms with Gasteiger partial charge in [0, 0.05) is 3.44 Å². The van der Waals surface area contributed by atoms with Crippen molar-refractivity contribution in [3.8, 4) is 0 Å². The van der Waals surface area contributed by atoms with Gasteiger partial charge < -0.3 is 4.48 Å². The van der Waals surface area contributed by atoms with Crippen molar-refractivity contribution in [2.75, 3.05) is 26.2 Å². The summed E-state index contributed by atoms with van der Waals surface area (Å²) in [6.45, 7) is 15.0. The Morgan fingerprint density at radius 3 is 0.955 bits per heavy atom. The monoisotopic (exact) mass is 434 g/mol. The van der Waals surface area contributed by atoms with Crippen LogP contribution in [0.2, 0.25) is 0 Å². The highest BCUT2D eigenvalue weighted by molar-refractivity contribution is 4.49. The van der Waals surface area contributed by atoms with E-state index in [2.05, 4.69) is 27.7 Å². The van der Waals surface area contributed by atoms with Gasteiger partial charge in [0.15, 0.2) is 0 Å². The summed E-state index contributed by atoms with van der Waals surface area (Å²) < 4.78 is 34.6. The van der Waals surface area contributed by atoms with Crippen molar-refractivity contribution in [1.82, 2.24) is 0 Å². The molecule has 0 aromatic heterocycles. The molecule has 0 saturated heterocycles. The summed E-state index contributed by atoms with van der Waals surface area (Å²) in [5.41, 5.74) is 0. The van der Waals surface area contributed by atoms with Crippen LogP contribution in [-0.4, -0.2) is 34.1 Å². The maximum Gasteiger partial charge on any atom is 0.368 e. The van der Waals surface area contributed by atoms with E-state index >= 15 is 0 Å². The van der Waals surface area contributed by atoms with Gasteiger partial charge in [0.2, 0.25) is 0 Å². The summed E-state index contributed by atoms with van der Waals surface area (Å²) in [5.74, 6) is 0. The minimum absolute atomic E-state index is 1.35. The fraction of sp³-hybridized carbons (Fsp3) is 1.00. The van der Waals surface area contributed by atoms with Crippen molar-refractivity contribution in [2.45, 2.75) is 79.1 Å². The van der Waals surface area contributed by atoms with Gasteiger partial charge in [-0.05, 0) is 25.7 Å². The Bertz CT molecular complexity index is 191. The van der Waals surface area contributed by atoms with E-state index in [9.17, 15) is 0 Å². The van der Waals surface area contributed by atoms with Crippen LogP contribution >= 0.6 is 0 Å². The Kier molecular flexibility index (Phi) is 17.0. The van der Waals surface area contributed by atoms with Crippen LogP contribution in [0.15, 0.2) is 0 Å². The van der Waals surface area contributed by atoms with Gasteiger partial charge in [-0.25, -0.2) is 0 Å². The molecule has 0 bridgehead atoms. The highest BCUT2D eigenvalue weighted by atomic mass is 127. The first-order chi connectivity index (χ1) is 10.2. The molecule has 0 unspecified atom stereocenters. The topological polar surface area (TPSA) is 89.4 Å². The normalized spacial score (nSPS) is 12.0. The van der Waals surface area contributed by atoms with Crippen molar-refractivity contribution in [3.05, 3.63) is 0 Å². The van der Waals surface area contributed by atoms with Gasteiger partial charge >= 0.3 is 20.1 Å². The van der Waals surface area contributed by atoms with Crippen molar-refractivity contribution >= 4 is 0 Å². The van der Waals surface area contributed by atoms with Gasteiger partial charge in [0.1, 0.15) is 0 Å². The van der Waals surface area contributed by atoms with E-state index in [0.717, 1.165) is 0 Å². The molecule has 0 aliphatic rings. The van der Waals surface area contributed by atoms with Crippen LogP contribution in [0.1, 0.15) is 79.1 Å². The molecule has 0 radical (unpaired) electrons. The standard InChI is InChI=1S/C16H36N.HIO4/c1-5-9-13-17(14-10-6-2,15-11-7-3)16-12-8-4;2-1(3,4)5/h5-16H2,1-4H3;2H/q+1;. The van der Waals surface area contributed by atoms with Crippen LogP contribution in [-0.2, 0) is 0 Å². The third-order valence-electron chi connectivity index (χ3n) is 3.94. The second kappa shape index (κ2) is 15.1. The number of hydrogen-bond donors (Lipinski definition) is 1. The fourth-order valence-corrected chi connectivity index (χ4v) is 2.64. The van der Waals surface area contributed by atoms with E-state index < -0.39 is 20.1 Å². The second-order valence-corrected chi connectivity index (χ2v) is 8.31. The Morgan fingerprint density at radius 2 is 0.818 bits per heavy atom. The van der Waals surface area contributed by atoms with Crippen LogP contribution in [0.4, 0.5) is 0 Å². The number of nitrogens with zero attached hydrogens (tertiary/aromatic N) is 1. The average Bonchev–Trinajstić information content (AvgIpc) is 2.44. The van der Waals surface area contributed by atoms with Crippen LogP contribution in [0.25, 0.3) is 0 Å². The molecule has 0 aliphatic carbocycles. The van der Waals surface area contributed by atoms with Crippen molar-refractivity contribution in [3.63, 3.8) is 0 Å². The molecule has 6 heteroatoms. The smallest absolute Gasteiger partial charge is 0.324 e. The highest BCUT2D eigenvalue weighted by Crippen LogP contribution is 2.16. The summed E-state index contributed by atoms with van der Waals surface area (Å²) in [7, 11) is 0. The van der Waals surface area contributed by atoms with Gasteiger partial charge in [0.25, 0.3) is 0 Å². The van der Waals surface area contributed by atoms with Crippen LogP contribution in [0.5, 0.6) is 0 Å². The Morgan fingerprint density at radius 1 is 0.636 bits per heavy atom. The van der Waals surface area contributed by atoms with Crippen molar-refractivity contribution in [1.29, 1.82) is 0 Å². The lowest BCUT2D eigenvalue weighted by molar-refractivity contribution is -1.92. The number of rotatable bonds is 12. The largest absolute Gasteiger partial charge is 0.368 e. The molecule has 0 fully saturated rings. The van der Waals surface area contributed by atoms with Crippen LogP contribution < -0.4 is 30.4 Å². The van der Waals surface area contributed by atoms with E-state index in [0.29, 0.717) is 0 Å². The highest BCUT2D eigenvalue weighted by Gasteiger charge is 2.24. The summed E-state index contributed by atoms with van der Waals surface area (Å²) in [6.07, 6.45) is 11.1. The summed E-state index contributed by atoms with van der Waals surface area (Å²) in [6, 6.07) is 0. The van der Waals surface area contributed by atoms with E-state index in [4.69, 9.17) is 13.7 Å². The third-order valence-corrected chi connectivity index (χ3v) is 3.94. The summed E-state index contributed by atoms with van der Waals surface area (Å²) >= 11 is -5.69. The molecular weight excluding hydrogens is 397 g/mol.